The number of rotatable bonds is 7. The summed E-state index contributed by atoms with van der Waals surface area (Å²) in [7, 11) is 0. The summed E-state index contributed by atoms with van der Waals surface area (Å²) in [6.07, 6.45) is 2.01. The molecule has 1 heterocycles. The zero-order valence-corrected chi connectivity index (χ0v) is 13.7. The molecular weight excluding hydrogens is 274 g/mol. The lowest BCUT2D eigenvalue weighted by atomic mass is 10.1. The maximum absolute atomic E-state index is 12.5. The molecule has 0 aliphatic heterocycles. The van der Waals surface area contributed by atoms with Gasteiger partial charge in [0.1, 0.15) is 0 Å². The number of hydrogen-bond donors (Lipinski definition) is 1. The number of aromatic nitrogens is 2. The molecule has 4 nitrogen and oxygen atoms in total. The summed E-state index contributed by atoms with van der Waals surface area (Å²) in [5.74, 6) is 0. The maximum Gasteiger partial charge on any atom is 0.271 e. The highest BCUT2D eigenvalue weighted by molar-refractivity contribution is 5.59. The minimum absolute atomic E-state index is 0.0188. The molecule has 22 heavy (non-hydrogen) atoms. The Hall–Kier alpha value is -1.94. The lowest BCUT2D eigenvalue weighted by Gasteiger charge is -2.11. The van der Waals surface area contributed by atoms with Crippen LogP contribution in [0.3, 0.4) is 0 Å². The minimum Gasteiger partial charge on any atom is -0.313 e. The smallest absolute Gasteiger partial charge is 0.271 e. The van der Waals surface area contributed by atoms with E-state index in [-0.39, 0.29) is 5.56 Å². The average molecular weight is 299 g/mol. The molecule has 0 saturated carbocycles. The largest absolute Gasteiger partial charge is 0.313 e. The Bertz CT molecular complexity index is 627. The van der Waals surface area contributed by atoms with Gasteiger partial charge in [-0.3, -0.25) is 4.79 Å². The number of nitrogens with zero attached hydrogens (tertiary/aromatic N) is 2. The predicted octanol–water partition coefficient (Wildman–Crippen LogP) is 3.13. The van der Waals surface area contributed by atoms with E-state index in [1.54, 1.807) is 4.68 Å². The van der Waals surface area contributed by atoms with Crippen molar-refractivity contribution < 1.29 is 0 Å². The van der Waals surface area contributed by atoms with Gasteiger partial charge in [-0.2, -0.15) is 5.10 Å². The van der Waals surface area contributed by atoms with Crippen molar-refractivity contribution in [2.75, 3.05) is 6.54 Å². The molecule has 0 bridgehead atoms. The molecule has 118 valence electrons. The van der Waals surface area contributed by atoms with Crippen molar-refractivity contribution in [3.8, 4) is 11.3 Å². The van der Waals surface area contributed by atoms with E-state index >= 15 is 0 Å². The Balaban J connectivity index is 2.43. The molecule has 0 radical (unpaired) electrons. The lowest BCUT2D eigenvalue weighted by Crippen LogP contribution is -2.29. The van der Waals surface area contributed by atoms with Crippen molar-refractivity contribution in [3.63, 3.8) is 0 Å². The van der Waals surface area contributed by atoms with Gasteiger partial charge in [0.05, 0.1) is 5.69 Å². The highest BCUT2D eigenvalue weighted by Gasteiger charge is 2.09. The normalized spacial score (nSPS) is 10.9. The van der Waals surface area contributed by atoms with Crippen LogP contribution in [0.15, 0.2) is 35.1 Å². The van der Waals surface area contributed by atoms with Crippen LogP contribution in [-0.4, -0.2) is 16.3 Å². The van der Waals surface area contributed by atoms with Crippen molar-refractivity contribution in [2.45, 2.75) is 46.7 Å². The van der Waals surface area contributed by atoms with E-state index in [1.807, 2.05) is 13.0 Å². The van der Waals surface area contributed by atoms with E-state index < -0.39 is 0 Å². The third-order valence-electron chi connectivity index (χ3n) is 3.68. The Morgan fingerprint density at radius 3 is 2.55 bits per heavy atom. The molecule has 1 aromatic carbocycles. The van der Waals surface area contributed by atoms with E-state index in [9.17, 15) is 4.79 Å². The van der Waals surface area contributed by atoms with E-state index in [0.717, 1.165) is 36.2 Å². The monoisotopic (exact) mass is 299 g/mol. The first-order valence-corrected chi connectivity index (χ1v) is 8.04. The van der Waals surface area contributed by atoms with E-state index in [0.29, 0.717) is 13.1 Å². The fourth-order valence-electron chi connectivity index (χ4n) is 2.31. The van der Waals surface area contributed by atoms with Crippen LogP contribution in [0.2, 0.25) is 0 Å². The van der Waals surface area contributed by atoms with E-state index in [1.165, 1.54) is 5.56 Å². The summed E-state index contributed by atoms with van der Waals surface area (Å²) in [6.45, 7) is 8.33. The van der Waals surface area contributed by atoms with Crippen LogP contribution in [0.25, 0.3) is 11.3 Å². The van der Waals surface area contributed by atoms with Gasteiger partial charge in [0.2, 0.25) is 0 Å². The number of nitrogens with one attached hydrogen (secondary N) is 1. The fraction of sp³-hybridized carbons (Fsp3) is 0.444. The second kappa shape index (κ2) is 7.90. The highest BCUT2D eigenvalue weighted by atomic mass is 16.1. The second-order valence-electron chi connectivity index (χ2n) is 5.58. The van der Waals surface area contributed by atoms with Crippen molar-refractivity contribution >= 4 is 0 Å². The maximum atomic E-state index is 12.5. The zero-order chi connectivity index (χ0) is 15.9. The third-order valence-corrected chi connectivity index (χ3v) is 3.68. The van der Waals surface area contributed by atoms with Gasteiger partial charge >= 0.3 is 0 Å². The molecule has 2 rings (SSSR count). The molecule has 0 atom stereocenters. The van der Waals surface area contributed by atoms with Crippen molar-refractivity contribution in [3.05, 3.63) is 51.8 Å². The van der Waals surface area contributed by atoms with E-state index in [2.05, 4.69) is 48.5 Å². The molecule has 1 aromatic heterocycles. The highest BCUT2D eigenvalue weighted by Crippen LogP contribution is 2.17. The van der Waals surface area contributed by atoms with Gasteiger partial charge in [0.25, 0.3) is 5.56 Å². The number of hydrogen-bond acceptors (Lipinski definition) is 3. The predicted molar refractivity (Wildman–Crippen MR) is 91.0 cm³/mol. The van der Waals surface area contributed by atoms with Crippen LogP contribution < -0.4 is 10.9 Å². The van der Waals surface area contributed by atoms with Gasteiger partial charge < -0.3 is 5.32 Å². The minimum atomic E-state index is 0.0188. The molecule has 2 aromatic rings. The number of benzene rings is 1. The molecule has 1 N–H and O–H groups in total. The Morgan fingerprint density at radius 2 is 1.91 bits per heavy atom. The molecule has 4 heteroatoms. The van der Waals surface area contributed by atoms with Crippen LogP contribution >= 0.6 is 0 Å². The third kappa shape index (κ3) is 4.04. The van der Waals surface area contributed by atoms with Crippen LogP contribution in [0, 0.1) is 6.92 Å². The topological polar surface area (TPSA) is 46.9 Å². The summed E-state index contributed by atoms with van der Waals surface area (Å²) in [5.41, 5.74) is 3.93. The van der Waals surface area contributed by atoms with E-state index in [4.69, 9.17) is 0 Å². The molecule has 0 spiro atoms. The summed E-state index contributed by atoms with van der Waals surface area (Å²) >= 11 is 0. The molecule has 0 fully saturated rings. The first-order chi connectivity index (χ1) is 10.7. The fourth-order valence-corrected chi connectivity index (χ4v) is 2.31. The van der Waals surface area contributed by atoms with Crippen LogP contribution in [-0.2, 0) is 13.1 Å². The van der Waals surface area contributed by atoms with Gasteiger partial charge in [0.15, 0.2) is 0 Å². The van der Waals surface area contributed by atoms with Gasteiger partial charge in [-0.1, -0.05) is 50.1 Å². The zero-order valence-electron chi connectivity index (χ0n) is 13.7. The van der Waals surface area contributed by atoms with Gasteiger partial charge in [-0.25, -0.2) is 4.68 Å². The summed E-state index contributed by atoms with van der Waals surface area (Å²) < 4.78 is 1.62. The van der Waals surface area contributed by atoms with Gasteiger partial charge in [-0.05, 0) is 26.0 Å². The van der Waals surface area contributed by atoms with Crippen molar-refractivity contribution in [1.29, 1.82) is 0 Å². The van der Waals surface area contributed by atoms with Gasteiger partial charge in [0, 0.05) is 24.2 Å². The average Bonchev–Trinajstić information content (AvgIpc) is 2.53. The van der Waals surface area contributed by atoms with Crippen LogP contribution in [0.1, 0.15) is 37.8 Å². The van der Waals surface area contributed by atoms with Gasteiger partial charge in [-0.15, -0.1) is 0 Å². The first-order valence-electron chi connectivity index (χ1n) is 8.04. The first kappa shape index (κ1) is 16.4. The number of unbranched alkanes of at least 4 members (excludes halogenated alkanes) is 1. The summed E-state index contributed by atoms with van der Waals surface area (Å²) in [6, 6.07) is 10.2. The van der Waals surface area contributed by atoms with Crippen molar-refractivity contribution in [2.24, 2.45) is 0 Å². The Labute approximate surface area is 132 Å². The molecule has 0 amide bonds. The second-order valence-corrected chi connectivity index (χ2v) is 5.58. The lowest BCUT2D eigenvalue weighted by molar-refractivity contribution is 0.536. The Morgan fingerprint density at radius 1 is 1.18 bits per heavy atom. The standard InChI is InChI=1S/C18H25N3O/c1-4-6-11-21-18(22)16(13-19-5-2)12-17(20-21)15-9-7-14(3)8-10-15/h7-10,12,19H,4-6,11,13H2,1-3H3. The van der Waals surface area contributed by atoms with Crippen molar-refractivity contribution in [1.82, 2.24) is 15.1 Å². The molecule has 0 aliphatic rings. The molecule has 0 saturated heterocycles. The molecular formula is C18H25N3O. The number of aryl methyl sites for hydroxylation is 2. The molecule has 0 aliphatic carbocycles. The SMILES string of the molecule is CCCCn1nc(-c2ccc(C)cc2)cc(CNCC)c1=O. The summed E-state index contributed by atoms with van der Waals surface area (Å²) in [4.78, 5) is 12.5. The summed E-state index contributed by atoms with van der Waals surface area (Å²) in [5, 5.41) is 7.79. The van der Waals surface area contributed by atoms with Crippen LogP contribution in [0.5, 0.6) is 0 Å². The quantitative estimate of drug-likeness (QED) is 0.854. The molecule has 0 unspecified atom stereocenters. The van der Waals surface area contributed by atoms with Crippen LogP contribution in [0.4, 0.5) is 0 Å². The Kier molecular flexibility index (Phi) is 5.90.